The molecule has 0 aliphatic carbocycles. The van der Waals surface area contributed by atoms with Crippen LogP contribution in [0.2, 0.25) is 0 Å². The van der Waals surface area contributed by atoms with E-state index < -0.39 is 0 Å². The molecule has 144 valence electrons. The van der Waals surface area contributed by atoms with Gasteiger partial charge in [0.25, 0.3) is 0 Å². The van der Waals surface area contributed by atoms with Gasteiger partial charge >= 0.3 is 0 Å². The maximum Gasteiger partial charge on any atom is 0.192 e. The summed E-state index contributed by atoms with van der Waals surface area (Å²) in [5.41, 5.74) is 4.16. The Kier molecular flexibility index (Phi) is 4.71. The number of carbonyl (C=O) groups excluding carboxylic acids is 1. The Hall–Kier alpha value is -2.66. The minimum Gasteiger partial charge on any atom is -0.496 e. The fourth-order valence-electron chi connectivity index (χ4n) is 4.01. The maximum atomic E-state index is 12.6. The first-order valence-corrected chi connectivity index (χ1v) is 10.3. The second-order valence-corrected chi connectivity index (χ2v) is 8.55. The van der Waals surface area contributed by atoms with E-state index >= 15 is 0 Å². The van der Waals surface area contributed by atoms with E-state index in [-0.39, 0.29) is 22.8 Å². The number of aromatic nitrogens is 1. The van der Waals surface area contributed by atoms with Crippen molar-refractivity contribution in [3.8, 4) is 27.4 Å². The van der Waals surface area contributed by atoms with Crippen molar-refractivity contribution in [2.24, 2.45) is 5.92 Å². The summed E-state index contributed by atoms with van der Waals surface area (Å²) in [7, 11) is 1.67. The molecule has 0 fully saturated rings. The Morgan fingerprint density at radius 1 is 1.25 bits per heavy atom. The number of rotatable bonds is 4. The quantitative estimate of drug-likeness (QED) is 0.572. The number of hydrogen-bond donors (Lipinski definition) is 0. The van der Waals surface area contributed by atoms with Crippen molar-refractivity contribution >= 4 is 17.1 Å². The van der Waals surface area contributed by atoms with Crippen LogP contribution in [0.25, 0.3) is 21.7 Å². The molecular formula is C23H23NO3S. The topological polar surface area (TPSA) is 48.3 Å². The summed E-state index contributed by atoms with van der Waals surface area (Å²) in [5.74, 6) is 0.958. The van der Waals surface area contributed by atoms with Gasteiger partial charge in [-0.2, -0.15) is 0 Å². The smallest absolute Gasteiger partial charge is 0.192 e. The number of benzene rings is 1. The highest BCUT2D eigenvalue weighted by atomic mass is 32.1. The average Bonchev–Trinajstić information content (AvgIpc) is 3.20. The third-order valence-corrected chi connectivity index (χ3v) is 6.41. The highest BCUT2D eigenvalue weighted by Gasteiger charge is 2.28. The molecule has 0 saturated carbocycles. The summed E-state index contributed by atoms with van der Waals surface area (Å²) < 4.78 is 7.79. The van der Waals surface area contributed by atoms with Crippen LogP contribution in [0, 0.1) is 5.92 Å². The largest absolute Gasteiger partial charge is 0.496 e. The van der Waals surface area contributed by atoms with E-state index in [9.17, 15) is 9.59 Å². The molecule has 0 amide bonds. The zero-order chi connectivity index (χ0) is 20.0. The van der Waals surface area contributed by atoms with Crippen molar-refractivity contribution in [3.05, 3.63) is 63.3 Å². The van der Waals surface area contributed by atoms with Gasteiger partial charge < -0.3 is 9.30 Å². The molecule has 1 aromatic carbocycles. The Morgan fingerprint density at radius 2 is 2.04 bits per heavy atom. The summed E-state index contributed by atoms with van der Waals surface area (Å²) in [6.45, 7) is 5.80. The first kappa shape index (κ1) is 18.7. The van der Waals surface area contributed by atoms with Crippen LogP contribution >= 0.6 is 11.3 Å². The van der Waals surface area contributed by atoms with Crippen molar-refractivity contribution in [2.75, 3.05) is 7.11 Å². The lowest BCUT2D eigenvalue weighted by Gasteiger charge is -2.34. The Labute approximate surface area is 168 Å². The van der Waals surface area contributed by atoms with Crippen LogP contribution < -0.4 is 10.2 Å². The van der Waals surface area contributed by atoms with E-state index in [1.807, 2.05) is 12.1 Å². The molecule has 4 rings (SSSR count). The standard InChI is InChI=1S/C23H23NO3S/c1-13(2)19-9-15-8-17(23-6-5-7-28-23)22(27-4)10-16(15)20-11-21(26)18(14(3)25)12-24(19)20/h5-8,10-13,19H,9H2,1-4H3. The highest BCUT2D eigenvalue weighted by Crippen LogP contribution is 2.43. The van der Waals surface area contributed by atoms with E-state index in [1.165, 1.54) is 12.5 Å². The van der Waals surface area contributed by atoms with E-state index in [0.717, 1.165) is 33.9 Å². The summed E-state index contributed by atoms with van der Waals surface area (Å²) in [4.78, 5) is 25.6. The Morgan fingerprint density at radius 3 is 2.64 bits per heavy atom. The second kappa shape index (κ2) is 7.06. The van der Waals surface area contributed by atoms with Gasteiger partial charge in [-0.15, -0.1) is 11.3 Å². The molecule has 0 spiro atoms. The van der Waals surface area contributed by atoms with Gasteiger partial charge in [-0.25, -0.2) is 0 Å². The van der Waals surface area contributed by atoms with Crippen molar-refractivity contribution in [3.63, 3.8) is 0 Å². The van der Waals surface area contributed by atoms with Crippen LogP contribution in [0.1, 0.15) is 42.7 Å². The van der Waals surface area contributed by atoms with Crippen molar-refractivity contribution in [1.82, 2.24) is 4.57 Å². The summed E-state index contributed by atoms with van der Waals surface area (Å²) >= 11 is 1.68. The zero-order valence-corrected chi connectivity index (χ0v) is 17.3. The number of thiophene rings is 1. The molecule has 1 aliphatic heterocycles. The van der Waals surface area contributed by atoms with Gasteiger partial charge in [0.15, 0.2) is 11.2 Å². The Balaban J connectivity index is 1.99. The summed E-state index contributed by atoms with van der Waals surface area (Å²) in [5, 5.41) is 2.06. The molecule has 3 aromatic rings. The lowest BCUT2D eigenvalue weighted by atomic mass is 9.86. The molecule has 28 heavy (non-hydrogen) atoms. The number of Topliss-reactive ketones (excluding diaryl/α,β-unsaturated/α-hetero) is 1. The molecule has 0 N–H and O–H groups in total. The first-order chi connectivity index (χ1) is 13.4. The van der Waals surface area contributed by atoms with Crippen LogP contribution in [-0.4, -0.2) is 17.5 Å². The lowest BCUT2D eigenvalue weighted by Crippen LogP contribution is -2.27. The number of nitrogens with zero attached hydrogens (tertiary/aromatic N) is 1. The van der Waals surface area contributed by atoms with Crippen LogP contribution in [0.3, 0.4) is 0 Å². The molecule has 0 radical (unpaired) electrons. The van der Waals surface area contributed by atoms with Gasteiger partial charge in [0.1, 0.15) is 5.75 Å². The number of hydrogen-bond acceptors (Lipinski definition) is 4. The van der Waals surface area contributed by atoms with Crippen LogP contribution in [0.4, 0.5) is 0 Å². The van der Waals surface area contributed by atoms with Gasteiger partial charge in [-0.1, -0.05) is 19.9 Å². The van der Waals surface area contributed by atoms with E-state index in [0.29, 0.717) is 5.92 Å². The number of ketones is 1. The van der Waals surface area contributed by atoms with Crippen molar-refractivity contribution < 1.29 is 9.53 Å². The fourth-order valence-corrected chi connectivity index (χ4v) is 4.76. The zero-order valence-electron chi connectivity index (χ0n) is 16.5. The number of carbonyl (C=O) groups is 1. The Bertz CT molecular complexity index is 1110. The molecular weight excluding hydrogens is 370 g/mol. The second-order valence-electron chi connectivity index (χ2n) is 7.60. The van der Waals surface area contributed by atoms with E-state index in [1.54, 1.807) is 30.7 Å². The average molecular weight is 394 g/mol. The molecule has 0 bridgehead atoms. The molecule has 1 unspecified atom stereocenters. The van der Waals surface area contributed by atoms with E-state index in [2.05, 4.69) is 35.9 Å². The highest BCUT2D eigenvalue weighted by molar-refractivity contribution is 7.13. The molecule has 0 saturated heterocycles. The first-order valence-electron chi connectivity index (χ1n) is 9.43. The molecule has 3 heterocycles. The van der Waals surface area contributed by atoms with Crippen LogP contribution in [-0.2, 0) is 6.42 Å². The van der Waals surface area contributed by atoms with Gasteiger partial charge in [0.05, 0.1) is 18.4 Å². The normalized spacial score (nSPS) is 15.2. The molecule has 1 aliphatic rings. The van der Waals surface area contributed by atoms with Gasteiger partial charge in [-0.05, 0) is 48.4 Å². The fraction of sp³-hybridized carbons (Fsp3) is 0.304. The van der Waals surface area contributed by atoms with Gasteiger partial charge in [0, 0.05) is 34.3 Å². The molecule has 2 aromatic heterocycles. The number of ether oxygens (including phenoxy) is 1. The number of pyridine rings is 1. The van der Waals surface area contributed by atoms with Crippen molar-refractivity contribution in [2.45, 2.75) is 33.2 Å². The minimum atomic E-state index is -0.226. The SMILES string of the molecule is COc1cc2c(cc1-c1cccs1)CC(C(C)C)n1cc(C(C)=O)c(=O)cc1-2. The van der Waals surface area contributed by atoms with E-state index in [4.69, 9.17) is 4.74 Å². The third-order valence-electron chi connectivity index (χ3n) is 5.50. The summed E-state index contributed by atoms with van der Waals surface area (Å²) in [6, 6.07) is 10.1. The number of methoxy groups -OCH3 is 1. The minimum absolute atomic E-state index is 0.186. The monoisotopic (exact) mass is 393 g/mol. The predicted octanol–water partition coefficient (Wildman–Crippen LogP) is 5.21. The maximum absolute atomic E-state index is 12.6. The van der Waals surface area contributed by atoms with Crippen LogP contribution in [0.5, 0.6) is 5.75 Å². The van der Waals surface area contributed by atoms with Gasteiger partial charge in [0.2, 0.25) is 0 Å². The summed E-state index contributed by atoms with van der Waals surface area (Å²) in [6.07, 6.45) is 2.59. The molecule has 4 nitrogen and oxygen atoms in total. The molecule has 5 heteroatoms. The van der Waals surface area contributed by atoms with Crippen LogP contribution in [0.15, 0.2) is 46.7 Å². The predicted molar refractivity (Wildman–Crippen MR) is 114 cm³/mol. The molecule has 1 atom stereocenters. The third kappa shape index (κ3) is 3.00. The number of fused-ring (bicyclic) bond motifs is 3. The van der Waals surface area contributed by atoms with Crippen molar-refractivity contribution in [1.29, 1.82) is 0 Å². The lowest BCUT2D eigenvalue weighted by molar-refractivity contribution is 0.101. The van der Waals surface area contributed by atoms with Gasteiger partial charge in [-0.3, -0.25) is 9.59 Å².